The summed E-state index contributed by atoms with van der Waals surface area (Å²) in [6.07, 6.45) is 0. The van der Waals surface area contributed by atoms with Gasteiger partial charge in [-0.25, -0.2) is 4.79 Å². The first kappa shape index (κ1) is 16.8. The first-order chi connectivity index (χ1) is 12.0. The number of hydrogen-bond acceptors (Lipinski definition) is 5. The molecule has 0 spiro atoms. The van der Waals surface area contributed by atoms with Crippen molar-refractivity contribution in [2.75, 3.05) is 11.9 Å². The van der Waals surface area contributed by atoms with Crippen LogP contribution in [0.4, 0.5) is 5.69 Å². The van der Waals surface area contributed by atoms with Crippen molar-refractivity contribution in [1.29, 1.82) is 0 Å². The van der Waals surface area contributed by atoms with E-state index in [0.717, 1.165) is 5.69 Å². The van der Waals surface area contributed by atoms with Crippen LogP contribution in [-0.4, -0.2) is 28.3 Å². The van der Waals surface area contributed by atoms with E-state index in [4.69, 9.17) is 9.15 Å². The Hall–Kier alpha value is -3.09. The third-order valence-corrected chi connectivity index (χ3v) is 3.81. The highest BCUT2D eigenvalue weighted by Gasteiger charge is 2.24. The molecule has 1 aromatic carbocycles. The molecule has 0 aliphatic carbocycles. The van der Waals surface area contributed by atoms with E-state index in [1.165, 1.54) is 0 Å². The van der Waals surface area contributed by atoms with Gasteiger partial charge >= 0.3 is 5.97 Å². The van der Waals surface area contributed by atoms with E-state index in [1.54, 1.807) is 41.9 Å². The number of hydrogen-bond donors (Lipinski definition) is 1. The Balaban J connectivity index is 2.00. The number of furan rings is 1. The number of fused-ring (bicyclic) bond motifs is 1. The fourth-order valence-corrected chi connectivity index (χ4v) is 2.63. The van der Waals surface area contributed by atoms with Gasteiger partial charge in [0.25, 0.3) is 5.91 Å². The Kier molecular flexibility index (Phi) is 4.56. The zero-order valence-electron chi connectivity index (χ0n) is 14.3. The van der Waals surface area contributed by atoms with Gasteiger partial charge in [-0.15, -0.1) is 0 Å². The summed E-state index contributed by atoms with van der Waals surface area (Å²) in [5, 5.41) is 7.63. The lowest BCUT2D eigenvalue weighted by Gasteiger charge is -2.04. The molecule has 0 atom stereocenters. The van der Waals surface area contributed by atoms with Gasteiger partial charge in [0.1, 0.15) is 11.3 Å². The average Bonchev–Trinajstić information content (AvgIpc) is 3.16. The van der Waals surface area contributed by atoms with Crippen LogP contribution in [0.3, 0.4) is 0 Å². The molecular formula is C18H19N3O4. The maximum absolute atomic E-state index is 12.6. The Morgan fingerprint density at radius 1 is 1.28 bits per heavy atom. The number of rotatable bonds is 5. The molecule has 1 N–H and O–H groups in total. The second-order valence-corrected chi connectivity index (χ2v) is 5.46. The van der Waals surface area contributed by atoms with Crippen LogP contribution in [-0.2, 0) is 11.3 Å². The highest BCUT2D eigenvalue weighted by Crippen LogP contribution is 2.31. The Bertz CT molecular complexity index is 939. The quantitative estimate of drug-likeness (QED) is 0.719. The maximum atomic E-state index is 12.6. The summed E-state index contributed by atoms with van der Waals surface area (Å²) >= 11 is 0. The molecule has 7 heteroatoms. The van der Waals surface area contributed by atoms with Gasteiger partial charge in [0, 0.05) is 17.6 Å². The molecule has 3 rings (SSSR count). The van der Waals surface area contributed by atoms with Gasteiger partial charge in [-0.1, -0.05) is 12.1 Å². The molecule has 0 aliphatic rings. The molecule has 3 aromatic rings. The number of anilines is 1. The summed E-state index contributed by atoms with van der Waals surface area (Å²) in [6, 6.07) is 8.79. The first-order valence-corrected chi connectivity index (χ1v) is 8.09. The van der Waals surface area contributed by atoms with Gasteiger partial charge in [-0.2, -0.15) is 5.10 Å². The number of esters is 1. The Morgan fingerprint density at radius 2 is 2.04 bits per heavy atom. The molecule has 2 heterocycles. The second kappa shape index (κ2) is 6.80. The van der Waals surface area contributed by atoms with Crippen molar-refractivity contribution in [3.63, 3.8) is 0 Å². The molecular weight excluding hydrogens is 322 g/mol. The third kappa shape index (κ3) is 3.13. The normalized spacial score (nSPS) is 10.8. The molecule has 7 nitrogen and oxygen atoms in total. The van der Waals surface area contributed by atoms with Gasteiger partial charge in [-0.05, 0) is 39.0 Å². The van der Waals surface area contributed by atoms with Crippen LogP contribution >= 0.6 is 0 Å². The minimum Gasteiger partial charge on any atom is -0.460 e. The standard InChI is InChI=1S/C18H19N3O4/c1-4-21-11(3)10-13(20-21)17(22)19-15-12-8-6-7-9-14(12)25-16(15)18(23)24-5-2/h6-10H,4-5H2,1-3H3,(H,19,22). The molecule has 130 valence electrons. The van der Waals surface area contributed by atoms with Crippen molar-refractivity contribution in [1.82, 2.24) is 9.78 Å². The summed E-state index contributed by atoms with van der Waals surface area (Å²) in [5.41, 5.74) is 1.95. The Morgan fingerprint density at radius 3 is 2.72 bits per heavy atom. The summed E-state index contributed by atoms with van der Waals surface area (Å²) in [7, 11) is 0. The summed E-state index contributed by atoms with van der Waals surface area (Å²) < 4.78 is 12.3. The highest BCUT2D eigenvalue weighted by atomic mass is 16.5. The van der Waals surface area contributed by atoms with Crippen molar-refractivity contribution < 1.29 is 18.7 Å². The van der Waals surface area contributed by atoms with Crippen LogP contribution in [0.15, 0.2) is 34.7 Å². The van der Waals surface area contributed by atoms with Crippen LogP contribution in [0.2, 0.25) is 0 Å². The molecule has 0 bridgehead atoms. The molecule has 0 saturated carbocycles. The summed E-state index contributed by atoms with van der Waals surface area (Å²) in [6.45, 7) is 6.42. The second-order valence-electron chi connectivity index (χ2n) is 5.46. The number of carbonyl (C=O) groups is 2. The van der Waals surface area contributed by atoms with Crippen molar-refractivity contribution in [3.8, 4) is 0 Å². The minimum absolute atomic E-state index is 0.0250. The molecule has 1 amide bonds. The lowest BCUT2D eigenvalue weighted by atomic mass is 10.2. The summed E-state index contributed by atoms with van der Waals surface area (Å²) in [5.74, 6) is -1.06. The zero-order chi connectivity index (χ0) is 18.0. The lowest BCUT2D eigenvalue weighted by molar-refractivity contribution is 0.0494. The average molecular weight is 341 g/mol. The molecule has 2 aromatic heterocycles. The number of ether oxygens (including phenoxy) is 1. The number of carbonyl (C=O) groups excluding carboxylic acids is 2. The van der Waals surface area contributed by atoms with E-state index in [-0.39, 0.29) is 18.1 Å². The highest BCUT2D eigenvalue weighted by molar-refractivity contribution is 6.13. The van der Waals surface area contributed by atoms with E-state index >= 15 is 0 Å². The number of aromatic nitrogens is 2. The molecule has 0 radical (unpaired) electrons. The van der Waals surface area contributed by atoms with Gasteiger partial charge in [-0.3, -0.25) is 9.48 Å². The van der Waals surface area contributed by atoms with Crippen LogP contribution in [0.1, 0.15) is 40.6 Å². The first-order valence-electron chi connectivity index (χ1n) is 8.09. The van der Waals surface area contributed by atoms with E-state index in [2.05, 4.69) is 10.4 Å². The zero-order valence-corrected chi connectivity index (χ0v) is 14.3. The number of benzene rings is 1. The van der Waals surface area contributed by atoms with Crippen molar-refractivity contribution >= 4 is 28.5 Å². The minimum atomic E-state index is -0.621. The van der Waals surface area contributed by atoms with Crippen LogP contribution in [0, 0.1) is 6.92 Å². The van der Waals surface area contributed by atoms with Gasteiger partial charge < -0.3 is 14.5 Å². The molecule has 0 fully saturated rings. The van der Waals surface area contributed by atoms with Crippen molar-refractivity contribution in [3.05, 3.63) is 47.5 Å². The van der Waals surface area contributed by atoms with Gasteiger partial charge in [0.15, 0.2) is 5.69 Å². The topological polar surface area (TPSA) is 86.4 Å². The smallest absolute Gasteiger partial charge is 0.376 e. The molecule has 0 saturated heterocycles. The van der Waals surface area contributed by atoms with E-state index in [1.807, 2.05) is 13.8 Å². The van der Waals surface area contributed by atoms with Crippen LogP contribution in [0.5, 0.6) is 0 Å². The SMILES string of the molecule is CCOC(=O)c1oc2ccccc2c1NC(=O)c1cc(C)n(CC)n1. The molecule has 0 unspecified atom stereocenters. The number of nitrogens with zero attached hydrogens (tertiary/aromatic N) is 2. The number of para-hydroxylation sites is 1. The van der Waals surface area contributed by atoms with Crippen molar-refractivity contribution in [2.45, 2.75) is 27.3 Å². The lowest BCUT2D eigenvalue weighted by Crippen LogP contribution is -2.16. The van der Waals surface area contributed by atoms with Gasteiger partial charge in [0.05, 0.1) is 6.61 Å². The monoisotopic (exact) mass is 341 g/mol. The Labute approximate surface area is 144 Å². The largest absolute Gasteiger partial charge is 0.460 e. The van der Waals surface area contributed by atoms with E-state index in [9.17, 15) is 9.59 Å². The van der Waals surface area contributed by atoms with E-state index in [0.29, 0.717) is 23.2 Å². The predicted octanol–water partition coefficient (Wildman–Crippen LogP) is 3.39. The van der Waals surface area contributed by atoms with Crippen LogP contribution < -0.4 is 5.32 Å². The maximum Gasteiger partial charge on any atom is 0.376 e. The number of amides is 1. The third-order valence-electron chi connectivity index (χ3n) is 3.81. The summed E-state index contributed by atoms with van der Waals surface area (Å²) in [4.78, 5) is 24.8. The number of aryl methyl sites for hydroxylation is 2. The van der Waals surface area contributed by atoms with Crippen LogP contribution in [0.25, 0.3) is 11.0 Å². The molecule has 0 aliphatic heterocycles. The molecule has 25 heavy (non-hydrogen) atoms. The van der Waals surface area contributed by atoms with Gasteiger partial charge in [0.2, 0.25) is 5.76 Å². The number of nitrogens with one attached hydrogen (secondary N) is 1. The fourth-order valence-electron chi connectivity index (χ4n) is 2.63. The van der Waals surface area contributed by atoms with E-state index < -0.39 is 11.9 Å². The fraction of sp³-hybridized carbons (Fsp3) is 0.278. The van der Waals surface area contributed by atoms with Crippen molar-refractivity contribution in [2.24, 2.45) is 0 Å². The predicted molar refractivity (Wildman–Crippen MR) is 92.8 cm³/mol.